The molecular formula is C19H25N3O2. The van der Waals surface area contributed by atoms with Gasteiger partial charge < -0.3 is 20.9 Å². The summed E-state index contributed by atoms with van der Waals surface area (Å²) < 4.78 is 11.9. The van der Waals surface area contributed by atoms with Gasteiger partial charge in [0.2, 0.25) is 0 Å². The predicted molar refractivity (Wildman–Crippen MR) is 96.1 cm³/mol. The molecule has 1 aliphatic rings. The smallest absolute Gasteiger partial charge is 0.131 e. The van der Waals surface area contributed by atoms with E-state index in [0.717, 1.165) is 34.6 Å². The summed E-state index contributed by atoms with van der Waals surface area (Å²) in [5, 5.41) is 0. The molecule has 2 atom stereocenters. The molecule has 128 valence electrons. The molecule has 5 nitrogen and oxygen atoms in total. The van der Waals surface area contributed by atoms with Gasteiger partial charge in [-0.25, -0.2) is 4.98 Å². The van der Waals surface area contributed by atoms with E-state index in [9.17, 15) is 0 Å². The Labute approximate surface area is 143 Å². The number of nitrogens with two attached hydrogens (primary N) is 2. The molecule has 5 heteroatoms. The Hall–Kier alpha value is -2.27. The van der Waals surface area contributed by atoms with Gasteiger partial charge in [-0.2, -0.15) is 0 Å². The summed E-state index contributed by atoms with van der Waals surface area (Å²) in [6.07, 6.45) is 2.66. The van der Waals surface area contributed by atoms with Crippen molar-refractivity contribution in [2.24, 2.45) is 11.7 Å². The molecule has 0 aliphatic carbocycles. The molecule has 0 saturated carbocycles. The van der Waals surface area contributed by atoms with Crippen molar-refractivity contribution >= 4 is 5.82 Å². The standard InChI is InChI=1S/C19H25N3O2/c1-11(2)6-13(20)10-23-14-4-5-15-16-8-19(21)22-9-17(16)12(3)24-18(15)7-14/h4-5,7-9,11-13H,6,10,20H2,1-3H3,(H2,21,22)/t12?,13-/m1/s1. The summed E-state index contributed by atoms with van der Waals surface area (Å²) in [4.78, 5) is 4.16. The maximum Gasteiger partial charge on any atom is 0.131 e. The Morgan fingerprint density at radius 1 is 1.25 bits per heavy atom. The Kier molecular flexibility index (Phi) is 4.62. The highest BCUT2D eigenvalue weighted by molar-refractivity contribution is 5.77. The fourth-order valence-corrected chi connectivity index (χ4v) is 3.08. The summed E-state index contributed by atoms with van der Waals surface area (Å²) in [6, 6.07) is 7.80. The van der Waals surface area contributed by atoms with Crippen LogP contribution in [-0.4, -0.2) is 17.6 Å². The van der Waals surface area contributed by atoms with Crippen molar-refractivity contribution < 1.29 is 9.47 Å². The van der Waals surface area contributed by atoms with Crippen molar-refractivity contribution in [2.45, 2.75) is 39.3 Å². The molecule has 0 fully saturated rings. The maximum atomic E-state index is 6.09. The molecule has 4 N–H and O–H groups in total. The minimum absolute atomic E-state index is 0.0347. The van der Waals surface area contributed by atoms with Crippen molar-refractivity contribution in [1.82, 2.24) is 4.98 Å². The van der Waals surface area contributed by atoms with Gasteiger partial charge in [0.1, 0.15) is 30.0 Å². The number of fused-ring (bicyclic) bond motifs is 3. The molecular weight excluding hydrogens is 302 g/mol. The van der Waals surface area contributed by atoms with Crippen LogP contribution < -0.4 is 20.9 Å². The average Bonchev–Trinajstić information content (AvgIpc) is 2.52. The van der Waals surface area contributed by atoms with E-state index in [2.05, 4.69) is 18.8 Å². The highest BCUT2D eigenvalue weighted by atomic mass is 16.5. The summed E-state index contributed by atoms with van der Waals surface area (Å²) in [6.45, 7) is 6.82. The molecule has 1 aromatic heterocycles. The van der Waals surface area contributed by atoms with Gasteiger partial charge in [-0.3, -0.25) is 0 Å². The summed E-state index contributed by atoms with van der Waals surface area (Å²) in [7, 11) is 0. The van der Waals surface area contributed by atoms with Gasteiger partial charge in [-0.05, 0) is 43.0 Å². The van der Waals surface area contributed by atoms with Crippen LogP contribution in [-0.2, 0) is 0 Å². The van der Waals surface area contributed by atoms with E-state index < -0.39 is 0 Å². The van der Waals surface area contributed by atoms with Gasteiger partial charge in [-0.1, -0.05) is 13.8 Å². The van der Waals surface area contributed by atoms with E-state index in [1.54, 1.807) is 6.20 Å². The van der Waals surface area contributed by atoms with E-state index in [1.165, 1.54) is 0 Å². The molecule has 1 aliphatic heterocycles. The number of benzene rings is 1. The highest BCUT2D eigenvalue weighted by Crippen LogP contribution is 2.43. The van der Waals surface area contributed by atoms with Gasteiger partial charge in [0.15, 0.2) is 0 Å². The van der Waals surface area contributed by atoms with Gasteiger partial charge in [0.05, 0.1) is 0 Å². The fraction of sp³-hybridized carbons (Fsp3) is 0.421. The first kappa shape index (κ1) is 16.6. The van der Waals surface area contributed by atoms with Crippen LogP contribution in [0, 0.1) is 5.92 Å². The number of hydrogen-bond acceptors (Lipinski definition) is 5. The van der Waals surface area contributed by atoms with Crippen molar-refractivity contribution in [3.8, 4) is 22.6 Å². The van der Waals surface area contributed by atoms with Crippen LogP contribution in [0.4, 0.5) is 5.82 Å². The first-order valence-electron chi connectivity index (χ1n) is 8.39. The minimum Gasteiger partial charge on any atom is -0.492 e. The Morgan fingerprint density at radius 3 is 2.79 bits per heavy atom. The number of rotatable bonds is 5. The molecule has 3 rings (SSSR count). The largest absolute Gasteiger partial charge is 0.492 e. The first-order valence-corrected chi connectivity index (χ1v) is 8.39. The molecule has 24 heavy (non-hydrogen) atoms. The third-order valence-corrected chi connectivity index (χ3v) is 4.18. The monoisotopic (exact) mass is 327 g/mol. The molecule has 0 radical (unpaired) electrons. The number of nitrogen functional groups attached to an aromatic ring is 1. The number of nitrogens with zero attached hydrogens (tertiary/aromatic N) is 1. The second-order valence-corrected chi connectivity index (χ2v) is 6.82. The lowest BCUT2D eigenvalue weighted by Crippen LogP contribution is -2.29. The molecule has 0 saturated heterocycles. The number of pyridine rings is 1. The number of aromatic nitrogens is 1. The van der Waals surface area contributed by atoms with Crippen LogP contribution in [0.15, 0.2) is 30.5 Å². The van der Waals surface area contributed by atoms with E-state index >= 15 is 0 Å². The molecule has 1 unspecified atom stereocenters. The molecule has 0 amide bonds. The summed E-state index contributed by atoms with van der Waals surface area (Å²) in [5.74, 6) is 2.64. The van der Waals surface area contributed by atoms with Crippen molar-refractivity contribution in [1.29, 1.82) is 0 Å². The molecule has 0 spiro atoms. The lowest BCUT2D eigenvalue weighted by molar-refractivity contribution is 0.220. The molecule has 2 heterocycles. The van der Waals surface area contributed by atoms with Crippen LogP contribution in [0.5, 0.6) is 11.5 Å². The quantitative estimate of drug-likeness (QED) is 0.877. The third-order valence-electron chi connectivity index (χ3n) is 4.18. The molecule has 1 aromatic carbocycles. The summed E-state index contributed by atoms with van der Waals surface area (Å²) in [5.41, 5.74) is 15.1. The summed E-state index contributed by atoms with van der Waals surface area (Å²) >= 11 is 0. The maximum absolute atomic E-state index is 6.09. The van der Waals surface area contributed by atoms with Crippen LogP contribution in [0.2, 0.25) is 0 Å². The molecule has 2 aromatic rings. The Bertz CT molecular complexity index is 731. The SMILES string of the molecule is CC(C)C[C@@H](N)COc1ccc2c(c1)OC(C)c1cnc(N)cc1-2. The third kappa shape index (κ3) is 3.46. The lowest BCUT2D eigenvalue weighted by atomic mass is 9.95. The minimum atomic E-state index is -0.0703. The van der Waals surface area contributed by atoms with Crippen molar-refractivity contribution in [3.05, 3.63) is 36.0 Å². The van der Waals surface area contributed by atoms with Gasteiger partial charge >= 0.3 is 0 Å². The number of ether oxygens (including phenoxy) is 2. The zero-order chi connectivity index (χ0) is 17.3. The van der Waals surface area contributed by atoms with Gasteiger partial charge in [-0.15, -0.1) is 0 Å². The topological polar surface area (TPSA) is 83.4 Å². The second kappa shape index (κ2) is 6.69. The second-order valence-electron chi connectivity index (χ2n) is 6.82. The van der Waals surface area contributed by atoms with Crippen molar-refractivity contribution in [2.75, 3.05) is 12.3 Å². The van der Waals surface area contributed by atoms with E-state index in [4.69, 9.17) is 20.9 Å². The van der Waals surface area contributed by atoms with E-state index in [-0.39, 0.29) is 12.1 Å². The Balaban J connectivity index is 1.81. The van der Waals surface area contributed by atoms with Crippen LogP contribution in [0.25, 0.3) is 11.1 Å². The number of anilines is 1. The zero-order valence-corrected chi connectivity index (χ0v) is 14.5. The van der Waals surface area contributed by atoms with Crippen LogP contribution >= 0.6 is 0 Å². The normalized spacial score (nSPS) is 17.0. The van der Waals surface area contributed by atoms with Gasteiger partial charge in [0, 0.05) is 29.4 Å². The van der Waals surface area contributed by atoms with Gasteiger partial charge in [0.25, 0.3) is 0 Å². The van der Waals surface area contributed by atoms with Crippen LogP contribution in [0.1, 0.15) is 38.9 Å². The van der Waals surface area contributed by atoms with Crippen LogP contribution in [0.3, 0.4) is 0 Å². The van der Waals surface area contributed by atoms with E-state index in [0.29, 0.717) is 18.3 Å². The predicted octanol–water partition coefficient (Wildman–Crippen LogP) is 3.54. The average molecular weight is 327 g/mol. The lowest BCUT2D eigenvalue weighted by Gasteiger charge is -2.26. The number of hydrogen-bond donors (Lipinski definition) is 2. The fourth-order valence-electron chi connectivity index (χ4n) is 3.08. The Morgan fingerprint density at radius 2 is 2.04 bits per heavy atom. The van der Waals surface area contributed by atoms with E-state index in [1.807, 2.05) is 31.2 Å². The molecule has 0 bridgehead atoms. The first-order chi connectivity index (χ1) is 11.4. The highest BCUT2D eigenvalue weighted by Gasteiger charge is 2.24. The van der Waals surface area contributed by atoms with Crippen molar-refractivity contribution in [3.63, 3.8) is 0 Å². The zero-order valence-electron chi connectivity index (χ0n) is 14.5.